The highest BCUT2D eigenvalue weighted by Crippen LogP contribution is 2.24. The van der Waals surface area contributed by atoms with E-state index in [4.69, 9.17) is 4.74 Å². The molecule has 1 saturated carbocycles. The Hall–Kier alpha value is -0.850. The number of carbonyl (C=O) groups is 1. The Bertz CT molecular complexity index is 346. The molecule has 6 heteroatoms. The van der Waals surface area contributed by atoms with Crippen LogP contribution < -0.4 is 5.32 Å². The second-order valence-corrected chi connectivity index (χ2v) is 6.65. The lowest BCUT2D eigenvalue weighted by molar-refractivity contribution is 0.0384. The Morgan fingerprint density at radius 1 is 1.00 bits per heavy atom. The van der Waals surface area contributed by atoms with Crippen molar-refractivity contribution in [3.05, 3.63) is 0 Å². The molecule has 0 spiro atoms. The van der Waals surface area contributed by atoms with Gasteiger partial charge in [-0.2, -0.15) is 0 Å². The van der Waals surface area contributed by atoms with Gasteiger partial charge < -0.3 is 15.0 Å². The Labute approximate surface area is 133 Å². The number of amides is 2. The molecule has 2 amide bonds. The minimum Gasteiger partial charge on any atom is -0.379 e. The summed E-state index contributed by atoms with van der Waals surface area (Å²) in [7, 11) is 0. The van der Waals surface area contributed by atoms with Gasteiger partial charge in [0.1, 0.15) is 0 Å². The van der Waals surface area contributed by atoms with Gasteiger partial charge in [-0.3, -0.25) is 9.80 Å². The number of nitrogens with zero attached hydrogens (tertiary/aromatic N) is 3. The first-order chi connectivity index (χ1) is 10.8. The van der Waals surface area contributed by atoms with Gasteiger partial charge in [-0.25, -0.2) is 4.79 Å². The van der Waals surface area contributed by atoms with E-state index in [2.05, 4.69) is 15.1 Å². The molecule has 6 nitrogen and oxygen atoms in total. The van der Waals surface area contributed by atoms with E-state index in [1.807, 2.05) is 4.90 Å². The van der Waals surface area contributed by atoms with Crippen LogP contribution in [0.1, 0.15) is 25.7 Å². The minimum atomic E-state index is 0.110. The second kappa shape index (κ2) is 8.13. The molecule has 0 aromatic heterocycles. The SMILES string of the molecule is O=C(NCCN1CCOCC1)N1CCN(C2CCCC2)CC1. The van der Waals surface area contributed by atoms with Crippen molar-refractivity contribution in [3.8, 4) is 0 Å². The third-order valence-electron chi connectivity index (χ3n) is 5.25. The third-order valence-corrected chi connectivity index (χ3v) is 5.25. The van der Waals surface area contributed by atoms with Crippen LogP contribution in [-0.2, 0) is 4.74 Å². The van der Waals surface area contributed by atoms with E-state index in [-0.39, 0.29) is 6.03 Å². The first kappa shape index (κ1) is 16.0. The van der Waals surface area contributed by atoms with Crippen LogP contribution in [0.25, 0.3) is 0 Å². The number of morpholine rings is 1. The standard InChI is InChI=1S/C16H30N4O2/c21-16(17-5-6-18-11-13-22-14-12-18)20-9-7-19(8-10-20)15-3-1-2-4-15/h15H,1-14H2,(H,17,21). The molecule has 1 N–H and O–H groups in total. The van der Waals surface area contributed by atoms with Gasteiger partial charge in [0, 0.05) is 58.4 Å². The average Bonchev–Trinajstić information content (AvgIpc) is 3.10. The van der Waals surface area contributed by atoms with Gasteiger partial charge in [-0.1, -0.05) is 12.8 Å². The number of nitrogens with one attached hydrogen (secondary N) is 1. The van der Waals surface area contributed by atoms with Crippen LogP contribution in [0.5, 0.6) is 0 Å². The van der Waals surface area contributed by atoms with E-state index in [0.717, 1.165) is 71.6 Å². The fourth-order valence-electron chi connectivity index (χ4n) is 3.82. The molecule has 0 unspecified atom stereocenters. The largest absolute Gasteiger partial charge is 0.379 e. The first-order valence-corrected chi connectivity index (χ1v) is 8.90. The molecule has 0 aromatic carbocycles. The molecular formula is C16H30N4O2. The molecule has 0 radical (unpaired) electrons. The molecule has 2 aliphatic heterocycles. The lowest BCUT2D eigenvalue weighted by atomic mass is 10.2. The number of hydrogen-bond donors (Lipinski definition) is 1. The van der Waals surface area contributed by atoms with Crippen molar-refractivity contribution in [1.29, 1.82) is 0 Å². The van der Waals surface area contributed by atoms with Crippen LogP contribution in [0, 0.1) is 0 Å². The Morgan fingerprint density at radius 3 is 2.36 bits per heavy atom. The second-order valence-electron chi connectivity index (χ2n) is 6.65. The van der Waals surface area contributed by atoms with E-state index >= 15 is 0 Å². The minimum absolute atomic E-state index is 0.110. The molecule has 22 heavy (non-hydrogen) atoms. The van der Waals surface area contributed by atoms with Gasteiger partial charge >= 0.3 is 6.03 Å². The van der Waals surface area contributed by atoms with E-state index in [1.165, 1.54) is 25.7 Å². The smallest absolute Gasteiger partial charge is 0.317 e. The number of hydrogen-bond acceptors (Lipinski definition) is 4. The number of rotatable bonds is 4. The van der Waals surface area contributed by atoms with Crippen LogP contribution in [-0.4, -0.2) is 92.3 Å². The van der Waals surface area contributed by atoms with Crippen LogP contribution in [0.3, 0.4) is 0 Å². The fraction of sp³-hybridized carbons (Fsp3) is 0.938. The van der Waals surface area contributed by atoms with Crippen molar-refractivity contribution in [2.24, 2.45) is 0 Å². The summed E-state index contributed by atoms with van der Waals surface area (Å²) in [6.45, 7) is 9.10. The normalized spacial score (nSPS) is 25.5. The molecule has 0 aromatic rings. The first-order valence-electron chi connectivity index (χ1n) is 8.90. The fourth-order valence-corrected chi connectivity index (χ4v) is 3.82. The number of urea groups is 1. The Morgan fingerprint density at radius 2 is 1.68 bits per heavy atom. The highest BCUT2D eigenvalue weighted by atomic mass is 16.5. The molecule has 126 valence electrons. The summed E-state index contributed by atoms with van der Waals surface area (Å²) in [6, 6.07) is 0.894. The van der Waals surface area contributed by atoms with Gasteiger partial charge in [-0.05, 0) is 12.8 Å². The summed E-state index contributed by atoms with van der Waals surface area (Å²) in [5, 5.41) is 3.07. The molecule has 3 aliphatic rings. The van der Waals surface area contributed by atoms with Gasteiger partial charge in [0.15, 0.2) is 0 Å². The lowest BCUT2D eigenvalue weighted by Gasteiger charge is -2.38. The number of piperazine rings is 1. The molecular weight excluding hydrogens is 280 g/mol. The highest BCUT2D eigenvalue weighted by molar-refractivity contribution is 5.74. The molecule has 3 rings (SSSR count). The zero-order valence-electron chi connectivity index (χ0n) is 13.6. The van der Waals surface area contributed by atoms with Crippen molar-refractivity contribution in [1.82, 2.24) is 20.0 Å². The van der Waals surface area contributed by atoms with Crippen molar-refractivity contribution in [3.63, 3.8) is 0 Å². The van der Waals surface area contributed by atoms with Crippen molar-refractivity contribution in [2.75, 3.05) is 65.6 Å². The summed E-state index contributed by atoms with van der Waals surface area (Å²) >= 11 is 0. The van der Waals surface area contributed by atoms with E-state index < -0.39 is 0 Å². The van der Waals surface area contributed by atoms with Crippen LogP contribution in [0.2, 0.25) is 0 Å². The van der Waals surface area contributed by atoms with Gasteiger partial charge in [0.25, 0.3) is 0 Å². The highest BCUT2D eigenvalue weighted by Gasteiger charge is 2.27. The predicted molar refractivity (Wildman–Crippen MR) is 86.1 cm³/mol. The lowest BCUT2D eigenvalue weighted by Crippen LogP contribution is -2.54. The van der Waals surface area contributed by atoms with Crippen molar-refractivity contribution in [2.45, 2.75) is 31.7 Å². The zero-order valence-corrected chi connectivity index (χ0v) is 13.6. The van der Waals surface area contributed by atoms with Gasteiger partial charge in [0.05, 0.1) is 13.2 Å². The summed E-state index contributed by atoms with van der Waals surface area (Å²) < 4.78 is 5.33. The molecule has 1 aliphatic carbocycles. The molecule has 3 fully saturated rings. The zero-order chi connectivity index (χ0) is 15.2. The summed E-state index contributed by atoms with van der Waals surface area (Å²) in [5.41, 5.74) is 0. The average molecular weight is 310 g/mol. The van der Waals surface area contributed by atoms with Crippen LogP contribution in [0.15, 0.2) is 0 Å². The molecule has 0 atom stereocenters. The van der Waals surface area contributed by atoms with E-state index in [1.54, 1.807) is 0 Å². The van der Waals surface area contributed by atoms with Crippen molar-refractivity contribution >= 4 is 6.03 Å². The molecule has 2 heterocycles. The Balaban J connectivity index is 1.31. The quantitative estimate of drug-likeness (QED) is 0.826. The van der Waals surface area contributed by atoms with Gasteiger partial charge in [0.2, 0.25) is 0 Å². The number of ether oxygens (including phenoxy) is 1. The van der Waals surface area contributed by atoms with E-state index in [0.29, 0.717) is 0 Å². The maximum Gasteiger partial charge on any atom is 0.317 e. The molecule has 2 saturated heterocycles. The third kappa shape index (κ3) is 4.33. The maximum absolute atomic E-state index is 12.2. The van der Waals surface area contributed by atoms with Crippen LogP contribution >= 0.6 is 0 Å². The Kier molecular flexibility index (Phi) is 5.92. The van der Waals surface area contributed by atoms with Crippen LogP contribution in [0.4, 0.5) is 4.79 Å². The van der Waals surface area contributed by atoms with E-state index in [9.17, 15) is 4.79 Å². The monoisotopic (exact) mass is 310 g/mol. The topological polar surface area (TPSA) is 48.1 Å². The predicted octanol–water partition coefficient (Wildman–Crippen LogP) is 0.588. The summed E-state index contributed by atoms with van der Waals surface area (Å²) in [4.78, 5) is 19.1. The molecule has 0 bridgehead atoms. The maximum atomic E-state index is 12.2. The number of carbonyl (C=O) groups excluding carboxylic acids is 1. The summed E-state index contributed by atoms with van der Waals surface area (Å²) in [5.74, 6) is 0. The van der Waals surface area contributed by atoms with Crippen molar-refractivity contribution < 1.29 is 9.53 Å². The van der Waals surface area contributed by atoms with Gasteiger partial charge in [-0.15, -0.1) is 0 Å². The summed E-state index contributed by atoms with van der Waals surface area (Å²) in [6.07, 6.45) is 5.47.